The molecule has 4 nitrogen and oxygen atoms in total. The Labute approximate surface area is 170 Å². The summed E-state index contributed by atoms with van der Waals surface area (Å²) in [5, 5.41) is 6.99. The van der Waals surface area contributed by atoms with E-state index in [9.17, 15) is 17.6 Å². The zero-order chi connectivity index (χ0) is 21.3. The van der Waals surface area contributed by atoms with Crippen LogP contribution in [0.3, 0.4) is 0 Å². The SMILES string of the molecule is Cc1cc(NCCc2ccccc2)n2nc(C(F)(F)F)c(-c3ccc(F)cc3)c2n1. The lowest BCUT2D eigenvalue weighted by Gasteiger charge is -2.10. The van der Waals surface area contributed by atoms with Gasteiger partial charge in [0.1, 0.15) is 11.6 Å². The maximum atomic E-state index is 13.8. The van der Waals surface area contributed by atoms with Crippen molar-refractivity contribution in [2.45, 2.75) is 19.5 Å². The maximum absolute atomic E-state index is 13.8. The Hall–Kier alpha value is -3.42. The van der Waals surface area contributed by atoms with Gasteiger partial charge in [-0.25, -0.2) is 9.37 Å². The van der Waals surface area contributed by atoms with Gasteiger partial charge in [-0.3, -0.25) is 0 Å². The predicted molar refractivity (Wildman–Crippen MR) is 107 cm³/mol. The van der Waals surface area contributed by atoms with E-state index in [0.717, 1.165) is 17.7 Å². The average Bonchev–Trinajstić information content (AvgIpc) is 3.09. The van der Waals surface area contributed by atoms with Crippen molar-refractivity contribution in [3.05, 3.63) is 83.4 Å². The summed E-state index contributed by atoms with van der Waals surface area (Å²) in [5.41, 5.74) is 0.691. The Morgan fingerprint density at radius 3 is 2.37 bits per heavy atom. The summed E-state index contributed by atoms with van der Waals surface area (Å²) in [6.07, 6.45) is -3.99. The molecule has 4 aromatic rings. The van der Waals surface area contributed by atoms with Crippen LogP contribution in [0.2, 0.25) is 0 Å². The van der Waals surface area contributed by atoms with Gasteiger partial charge in [0, 0.05) is 18.3 Å². The van der Waals surface area contributed by atoms with Gasteiger partial charge in [-0.05, 0) is 36.6 Å². The molecule has 0 spiro atoms. The van der Waals surface area contributed by atoms with Crippen molar-refractivity contribution < 1.29 is 17.6 Å². The van der Waals surface area contributed by atoms with Crippen molar-refractivity contribution in [1.29, 1.82) is 0 Å². The minimum absolute atomic E-state index is 0.0659. The van der Waals surface area contributed by atoms with Crippen LogP contribution in [0.15, 0.2) is 60.7 Å². The minimum atomic E-state index is -4.69. The monoisotopic (exact) mass is 414 g/mol. The van der Waals surface area contributed by atoms with Gasteiger partial charge >= 0.3 is 6.18 Å². The maximum Gasteiger partial charge on any atom is 0.435 e. The number of anilines is 1. The highest BCUT2D eigenvalue weighted by Crippen LogP contribution is 2.39. The molecule has 2 aromatic heterocycles. The van der Waals surface area contributed by atoms with Crippen LogP contribution >= 0.6 is 0 Å². The number of rotatable bonds is 5. The largest absolute Gasteiger partial charge is 0.435 e. The molecule has 0 atom stereocenters. The fourth-order valence-electron chi connectivity index (χ4n) is 3.33. The van der Waals surface area contributed by atoms with Crippen molar-refractivity contribution in [2.75, 3.05) is 11.9 Å². The van der Waals surface area contributed by atoms with Crippen LogP contribution in [0.4, 0.5) is 23.4 Å². The van der Waals surface area contributed by atoms with Crippen molar-refractivity contribution in [2.24, 2.45) is 0 Å². The lowest BCUT2D eigenvalue weighted by Crippen LogP contribution is -2.11. The number of benzene rings is 2. The lowest BCUT2D eigenvalue weighted by molar-refractivity contribution is -0.140. The molecule has 0 saturated carbocycles. The minimum Gasteiger partial charge on any atom is -0.370 e. The van der Waals surface area contributed by atoms with E-state index < -0.39 is 17.7 Å². The Bertz CT molecular complexity index is 1170. The van der Waals surface area contributed by atoms with Crippen LogP contribution in [-0.2, 0) is 12.6 Å². The number of hydrogen-bond acceptors (Lipinski definition) is 3. The third-order valence-electron chi connectivity index (χ3n) is 4.68. The number of nitrogens with zero attached hydrogens (tertiary/aromatic N) is 3. The second-order valence-electron chi connectivity index (χ2n) is 6.91. The first kappa shape index (κ1) is 19.9. The first-order chi connectivity index (χ1) is 14.3. The highest BCUT2D eigenvalue weighted by molar-refractivity contribution is 5.81. The van der Waals surface area contributed by atoms with Crippen molar-refractivity contribution in [1.82, 2.24) is 14.6 Å². The Balaban J connectivity index is 1.78. The summed E-state index contributed by atoms with van der Waals surface area (Å²) in [5.74, 6) is -0.122. The molecular weight excluding hydrogens is 396 g/mol. The number of nitrogens with one attached hydrogen (secondary N) is 1. The van der Waals surface area contributed by atoms with E-state index >= 15 is 0 Å². The van der Waals surface area contributed by atoms with E-state index in [0.29, 0.717) is 24.5 Å². The summed E-state index contributed by atoms with van der Waals surface area (Å²) in [6.45, 7) is 2.22. The lowest BCUT2D eigenvalue weighted by atomic mass is 10.1. The fourth-order valence-corrected chi connectivity index (χ4v) is 3.33. The number of hydrogen-bond donors (Lipinski definition) is 1. The van der Waals surface area contributed by atoms with Gasteiger partial charge < -0.3 is 5.32 Å². The second-order valence-corrected chi connectivity index (χ2v) is 6.91. The number of aryl methyl sites for hydroxylation is 1. The molecule has 30 heavy (non-hydrogen) atoms. The number of alkyl halides is 3. The summed E-state index contributed by atoms with van der Waals surface area (Å²) in [6, 6.07) is 16.2. The highest BCUT2D eigenvalue weighted by Gasteiger charge is 2.39. The zero-order valence-corrected chi connectivity index (χ0v) is 16.0. The summed E-state index contributed by atoms with van der Waals surface area (Å²) in [4.78, 5) is 4.30. The number of fused-ring (bicyclic) bond motifs is 1. The molecule has 0 aliphatic rings. The van der Waals surface area contributed by atoms with E-state index in [4.69, 9.17) is 0 Å². The fraction of sp³-hybridized carbons (Fsp3) is 0.182. The van der Waals surface area contributed by atoms with Crippen LogP contribution in [0, 0.1) is 12.7 Å². The first-order valence-corrected chi connectivity index (χ1v) is 9.34. The molecule has 8 heteroatoms. The average molecular weight is 414 g/mol. The van der Waals surface area contributed by atoms with Gasteiger partial charge in [-0.15, -0.1) is 0 Å². The standard InChI is InChI=1S/C22H18F4N4/c1-14-13-18(27-12-11-15-5-3-2-4-6-15)30-21(28-14)19(20(29-30)22(24,25)26)16-7-9-17(23)10-8-16/h2-10,13,27H,11-12H2,1H3. The van der Waals surface area contributed by atoms with Crippen molar-refractivity contribution in [3.63, 3.8) is 0 Å². The molecule has 0 amide bonds. The summed E-state index contributed by atoms with van der Waals surface area (Å²) in [7, 11) is 0. The molecule has 1 N–H and O–H groups in total. The molecule has 0 saturated heterocycles. The van der Waals surface area contributed by atoms with Gasteiger partial charge in [0.05, 0.1) is 5.56 Å². The van der Waals surface area contributed by atoms with Crippen LogP contribution < -0.4 is 5.32 Å². The second kappa shape index (κ2) is 7.78. The van der Waals surface area contributed by atoms with Crippen LogP contribution in [0.5, 0.6) is 0 Å². The number of halogens is 4. The summed E-state index contributed by atoms with van der Waals surface area (Å²) >= 11 is 0. The quantitative estimate of drug-likeness (QED) is 0.438. The van der Waals surface area contributed by atoms with Crippen molar-refractivity contribution >= 4 is 11.5 Å². The third kappa shape index (κ3) is 3.98. The van der Waals surface area contributed by atoms with E-state index in [1.807, 2.05) is 30.3 Å². The number of aromatic nitrogens is 3. The Morgan fingerprint density at radius 1 is 1.00 bits per heavy atom. The van der Waals surface area contributed by atoms with Crippen LogP contribution in [0.25, 0.3) is 16.8 Å². The van der Waals surface area contributed by atoms with Crippen LogP contribution in [0.1, 0.15) is 17.0 Å². The topological polar surface area (TPSA) is 42.2 Å². The molecule has 2 aromatic carbocycles. The van der Waals surface area contributed by atoms with Gasteiger partial charge in [0.25, 0.3) is 0 Å². The van der Waals surface area contributed by atoms with E-state index in [1.165, 1.54) is 16.6 Å². The van der Waals surface area contributed by atoms with E-state index in [2.05, 4.69) is 15.4 Å². The van der Waals surface area contributed by atoms with Crippen molar-refractivity contribution in [3.8, 4) is 11.1 Å². The van der Waals surface area contributed by atoms with Gasteiger partial charge in [0.15, 0.2) is 11.3 Å². The summed E-state index contributed by atoms with van der Waals surface area (Å²) < 4.78 is 55.8. The smallest absolute Gasteiger partial charge is 0.370 e. The third-order valence-corrected chi connectivity index (χ3v) is 4.68. The molecule has 0 bridgehead atoms. The molecule has 0 aliphatic carbocycles. The predicted octanol–water partition coefficient (Wildman–Crippen LogP) is 5.52. The van der Waals surface area contributed by atoms with E-state index in [-0.39, 0.29) is 16.8 Å². The van der Waals surface area contributed by atoms with Gasteiger partial charge in [-0.2, -0.15) is 22.8 Å². The molecular formula is C22H18F4N4. The normalized spacial score (nSPS) is 11.8. The van der Waals surface area contributed by atoms with Crippen LogP contribution in [-0.4, -0.2) is 21.1 Å². The Morgan fingerprint density at radius 2 is 1.70 bits per heavy atom. The first-order valence-electron chi connectivity index (χ1n) is 9.34. The van der Waals surface area contributed by atoms with Gasteiger partial charge in [-0.1, -0.05) is 42.5 Å². The Kier molecular flexibility index (Phi) is 5.15. The molecule has 0 unspecified atom stereocenters. The van der Waals surface area contributed by atoms with Gasteiger partial charge in [0.2, 0.25) is 0 Å². The molecule has 0 fully saturated rings. The molecule has 154 valence electrons. The highest BCUT2D eigenvalue weighted by atomic mass is 19.4. The zero-order valence-electron chi connectivity index (χ0n) is 16.0. The van der Waals surface area contributed by atoms with E-state index in [1.54, 1.807) is 13.0 Å². The molecule has 2 heterocycles. The molecule has 0 radical (unpaired) electrons. The molecule has 0 aliphatic heterocycles. The molecule has 4 rings (SSSR count).